The third kappa shape index (κ3) is 5.35. The van der Waals surface area contributed by atoms with Crippen molar-refractivity contribution in [3.8, 4) is 0 Å². The van der Waals surface area contributed by atoms with Crippen molar-refractivity contribution in [3.05, 3.63) is 30.1 Å². The van der Waals surface area contributed by atoms with Crippen molar-refractivity contribution in [3.63, 3.8) is 0 Å². The molecule has 0 aliphatic carbocycles. The van der Waals surface area contributed by atoms with Crippen LogP contribution in [0, 0.1) is 0 Å². The molecule has 1 rings (SSSR count). The first-order valence-electron chi connectivity index (χ1n) is 6.04. The summed E-state index contributed by atoms with van der Waals surface area (Å²) in [5, 5.41) is 8.74. The summed E-state index contributed by atoms with van der Waals surface area (Å²) in [5.41, 5.74) is 0.866. The Morgan fingerprint density at radius 1 is 1.37 bits per heavy atom. The lowest BCUT2D eigenvalue weighted by Crippen LogP contribution is -2.38. The minimum Gasteiger partial charge on any atom is -0.480 e. The quantitative estimate of drug-likeness (QED) is 0.762. The van der Waals surface area contributed by atoms with Gasteiger partial charge >= 0.3 is 5.97 Å². The van der Waals surface area contributed by atoms with Crippen LogP contribution in [-0.2, 0) is 21.2 Å². The van der Waals surface area contributed by atoms with Gasteiger partial charge in [0, 0.05) is 18.9 Å². The van der Waals surface area contributed by atoms with Gasteiger partial charge in [0.2, 0.25) is 10.0 Å². The van der Waals surface area contributed by atoms with Crippen molar-refractivity contribution in [2.45, 2.75) is 19.8 Å². The molecule has 0 fully saturated rings. The molecule has 0 bridgehead atoms. The molecule has 0 radical (unpaired) electrons. The van der Waals surface area contributed by atoms with Gasteiger partial charge in [0.1, 0.15) is 6.54 Å². The average molecular weight is 286 g/mol. The van der Waals surface area contributed by atoms with E-state index < -0.39 is 22.5 Å². The number of rotatable bonds is 8. The number of hydrogen-bond donors (Lipinski definition) is 1. The molecule has 1 aromatic heterocycles. The van der Waals surface area contributed by atoms with Gasteiger partial charge < -0.3 is 5.11 Å². The van der Waals surface area contributed by atoms with Crippen LogP contribution >= 0.6 is 0 Å². The summed E-state index contributed by atoms with van der Waals surface area (Å²) < 4.78 is 25.2. The first kappa shape index (κ1) is 15.6. The smallest absolute Gasteiger partial charge is 0.318 e. The molecule has 0 amide bonds. The van der Waals surface area contributed by atoms with Gasteiger partial charge in [-0.2, -0.15) is 4.31 Å². The van der Waals surface area contributed by atoms with Crippen molar-refractivity contribution in [2.75, 3.05) is 18.8 Å². The number of aromatic nitrogens is 1. The Morgan fingerprint density at radius 3 is 2.53 bits per heavy atom. The molecule has 0 aliphatic rings. The second kappa shape index (κ2) is 7.20. The highest BCUT2D eigenvalue weighted by Gasteiger charge is 2.23. The van der Waals surface area contributed by atoms with Crippen LogP contribution in [0.5, 0.6) is 0 Å². The standard InChI is InChI=1S/C12H18N2O4S/c1-2-8-14(10-12(15)16)19(17,18)9-5-11-3-6-13-7-4-11/h3-4,6-7H,2,5,8-10H2,1H3,(H,15,16). The Morgan fingerprint density at radius 2 is 2.00 bits per heavy atom. The first-order valence-corrected chi connectivity index (χ1v) is 7.65. The van der Waals surface area contributed by atoms with E-state index in [1.807, 2.05) is 6.92 Å². The van der Waals surface area contributed by atoms with Gasteiger partial charge in [-0.05, 0) is 30.5 Å². The molecule has 0 saturated carbocycles. The molecule has 0 spiro atoms. The van der Waals surface area contributed by atoms with Crippen LogP contribution in [0.3, 0.4) is 0 Å². The number of aliphatic carboxylic acids is 1. The van der Waals surface area contributed by atoms with E-state index in [1.165, 1.54) is 0 Å². The largest absolute Gasteiger partial charge is 0.480 e. The number of carboxylic acid groups (broad SMARTS) is 1. The number of pyridine rings is 1. The van der Waals surface area contributed by atoms with Gasteiger partial charge in [-0.15, -0.1) is 0 Å². The van der Waals surface area contributed by atoms with Crippen molar-refractivity contribution in [1.82, 2.24) is 9.29 Å². The minimum atomic E-state index is -3.55. The molecule has 6 nitrogen and oxygen atoms in total. The van der Waals surface area contributed by atoms with Crippen LogP contribution in [0.4, 0.5) is 0 Å². The molecule has 1 N–H and O–H groups in total. The van der Waals surface area contributed by atoms with E-state index in [0.717, 1.165) is 9.87 Å². The monoisotopic (exact) mass is 286 g/mol. The maximum absolute atomic E-state index is 12.1. The molecule has 19 heavy (non-hydrogen) atoms. The maximum Gasteiger partial charge on any atom is 0.318 e. The molecule has 0 aromatic carbocycles. The number of sulfonamides is 1. The number of aryl methyl sites for hydroxylation is 1. The van der Waals surface area contributed by atoms with Gasteiger partial charge in [-0.1, -0.05) is 6.92 Å². The van der Waals surface area contributed by atoms with E-state index in [2.05, 4.69) is 4.98 Å². The first-order chi connectivity index (χ1) is 8.95. The lowest BCUT2D eigenvalue weighted by molar-refractivity contribution is -0.137. The van der Waals surface area contributed by atoms with Crippen LogP contribution in [0.2, 0.25) is 0 Å². The maximum atomic E-state index is 12.1. The van der Waals surface area contributed by atoms with Crippen LogP contribution in [0.1, 0.15) is 18.9 Å². The van der Waals surface area contributed by atoms with Crippen molar-refractivity contribution in [2.24, 2.45) is 0 Å². The van der Waals surface area contributed by atoms with Crippen LogP contribution in [0.25, 0.3) is 0 Å². The summed E-state index contributed by atoms with van der Waals surface area (Å²) in [4.78, 5) is 14.5. The van der Waals surface area contributed by atoms with Gasteiger partial charge in [-0.3, -0.25) is 9.78 Å². The van der Waals surface area contributed by atoms with E-state index in [4.69, 9.17) is 5.11 Å². The van der Waals surface area contributed by atoms with Gasteiger partial charge in [0.15, 0.2) is 0 Å². The Kier molecular flexibility index (Phi) is 5.91. The normalized spacial score (nSPS) is 11.7. The second-order valence-electron chi connectivity index (χ2n) is 4.15. The second-order valence-corrected chi connectivity index (χ2v) is 6.24. The predicted octanol–water partition coefficient (Wildman–Crippen LogP) is 0.750. The molecule has 1 heterocycles. The summed E-state index contributed by atoms with van der Waals surface area (Å²) in [6.45, 7) is 1.56. The van der Waals surface area contributed by atoms with Gasteiger partial charge in [0.05, 0.1) is 5.75 Å². The molecule has 1 aromatic rings. The van der Waals surface area contributed by atoms with Crippen molar-refractivity contribution >= 4 is 16.0 Å². The van der Waals surface area contributed by atoms with Crippen LogP contribution in [0.15, 0.2) is 24.5 Å². The van der Waals surface area contributed by atoms with E-state index >= 15 is 0 Å². The zero-order valence-corrected chi connectivity index (χ0v) is 11.6. The molecule has 7 heteroatoms. The molecular formula is C12H18N2O4S. The van der Waals surface area contributed by atoms with Gasteiger partial charge in [-0.25, -0.2) is 8.42 Å². The summed E-state index contributed by atoms with van der Waals surface area (Å²) in [7, 11) is -3.55. The Labute approximate surface area is 113 Å². The molecule has 0 aliphatic heterocycles. The van der Waals surface area contributed by atoms with E-state index in [9.17, 15) is 13.2 Å². The third-order valence-corrected chi connectivity index (χ3v) is 4.39. The highest BCUT2D eigenvalue weighted by atomic mass is 32.2. The number of carboxylic acids is 1. The molecule has 0 unspecified atom stereocenters. The summed E-state index contributed by atoms with van der Waals surface area (Å²) in [5.74, 6) is -1.23. The number of nitrogens with zero attached hydrogens (tertiary/aromatic N) is 2. The van der Waals surface area contributed by atoms with Crippen LogP contribution in [-0.4, -0.2) is 47.6 Å². The summed E-state index contributed by atoms with van der Waals surface area (Å²) >= 11 is 0. The van der Waals surface area contributed by atoms with E-state index in [1.54, 1.807) is 24.5 Å². The average Bonchev–Trinajstić information content (AvgIpc) is 2.37. The molecule has 106 valence electrons. The zero-order valence-electron chi connectivity index (χ0n) is 10.8. The fourth-order valence-electron chi connectivity index (χ4n) is 1.64. The fourth-order valence-corrected chi connectivity index (χ4v) is 3.16. The lowest BCUT2D eigenvalue weighted by atomic mass is 10.2. The Balaban J connectivity index is 2.69. The highest BCUT2D eigenvalue weighted by molar-refractivity contribution is 7.89. The SMILES string of the molecule is CCCN(CC(=O)O)S(=O)(=O)CCc1ccncc1. The molecule has 0 saturated heterocycles. The minimum absolute atomic E-state index is 0.0930. The predicted molar refractivity (Wildman–Crippen MR) is 71.2 cm³/mol. The third-order valence-electron chi connectivity index (χ3n) is 2.58. The number of carbonyl (C=O) groups is 1. The summed E-state index contributed by atoms with van der Waals surface area (Å²) in [6.07, 6.45) is 4.14. The van der Waals surface area contributed by atoms with Crippen molar-refractivity contribution in [1.29, 1.82) is 0 Å². The fraction of sp³-hybridized carbons (Fsp3) is 0.500. The van der Waals surface area contributed by atoms with Gasteiger partial charge in [0.25, 0.3) is 0 Å². The molecular weight excluding hydrogens is 268 g/mol. The topological polar surface area (TPSA) is 87.6 Å². The van der Waals surface area contributed by atoms with Crippen LogP contribution < -0.4 is 0 Å². The zero-order chi connectivity index (χ0) is 14.3. The van der Waals surface area contributed by atoms with E-state index in [0.29, 0.717) is 12.8 Å². The molecule has 0 atom stereocenters. The number of hydrogen-bond acceptors (Lipinski definition) is 4. The summed E-state index contributed by atoms with van der Waals surface area (Å²) in [6, 6.07) is 3.49. The lowest BCUT2D eigenvalue weighted by Gasteiger charge is -2.19. The Bertz CT molecular complexity index is 502. The van der Waals surface area contributed by atoms with Crippen molar-refractivity contribution < 1.29 is 18.3 Å². The van der Waals surface area contributed by atoms with E-state index in [-0.39, 0.29) is 12.3 Å². The Hall–Kier alpha value is -1.47. The highest BCUT2D eigenvalue weighted by Crippen LogP contribution is 2.07.